The van der Waals surface area contributed by atoms with E-state index in [1.165, 1.54) is 6.08 Å². The second-order valence-corrected chi connectivity index (χ2v) is 9.12. The Morgan fingerprint density at radius 1 is 1.18 bits per heavy atom. The van der Waals surface area contributed by atoms with Crippen LogP contribution in [-0.4, -0.2) is 46.5 Å². The zero-order valence-corrected chi connectivity index (χ0v) is 17.2. The van der Waals surface area contributed by atoms with Crippen LogP contribution >= 0.6 is 0 Å². The number of nitrogens with zero attached hydrogens (tertiary/aromatic N) is 3. The van der Waals surface area contributed by atoms with Crippen molar-refractivity contribution in [2.24, 2.45) is 7.05 Å². The topological polar surface area (TPSA) is 84.3 Å². The number of aromatic nitrogens is 2. The van der Waals surface area contributed by atoms with Crippen molar-refractivity contribution in [1.29, 1.82) is 0 Å². The Balaban J connectivity index is 1.81. The molecular formula is C20H26N4O3S. The minimum Gasteiger partial charge on any atom is -0.350 e. The number of sulfonamides is 1. The average molecular weight is 403 g/mol. The fraction of sp³-hybridized carbons (Fsp3) is 0.400. The molecule has 2 atom stereocenters. The van der Waals surface area contributed by atoms with Crippen molar-refractivity contribution in [3.63, 3.8) is 0 Å². The van der Waals surface area contributed by atoms with Crippen LogP contribution in [-0.2, 0) is 21.9 Å². The lowest BCUT2D eigenvalue weighted by atomic mass is 9.95. The number of piperidine rings is 1. The van der Waals surface area contributed by atoms with E-state index in [0.717, 1.165) is 11.3 Å². The molecule has 1 aliphatic rings. The summed E-state index contributed by atoms with van der Waals surface area (Å²) in [5.41, 5.74) is 1.83. The normalized spacial score (nSPS) is 23.3. The van der Waals surface area contributed by atoms with E-state index < -0.39 is 10.0 Å². The third-order valence-corrected chi connectivity index (χ3v) is 7.34. The molecule has 7 nitrogen and oxygen atoms in total. The number of hydrogen-bond acceptors (Lipinski definition) is 4. The molecule has 2 heterocycles. The molecule has 1 aromatic heterocycles. The molecule has 0 radical (unpaired) electrons. The van der Waals surface area contributed by atoms with Gasteiger partial charge in [-0.15, -0.1) is 0 Å². The maximum absolute atomic E-state index is 13.3. The first kappa shape index (κ1) is 20.3. The second-order valence-electron chi connectivity index (χ2n) is 7.28. The number of carbonyl (C=O) groups is 1. The number of aryl methyl sites for hydroxylation is 1. The van der Waals surface area contributed by atoms with Crippen LogP contribution in [0, 0.1) is 0 Å². The highest BCUT2D eigenvalue weighted by Gasteiger charge is 2.39. The number of amides is 1. The lowest BCUT2D eigenvalue weighted by molar-refractivity contribution is -0.117. The first-order valence-corrected chi connectivity index (χ1v) is 10.7. The molecule has 2 aromatic rings. The van der Waals surface area contributed by atoms with Gasteiger partial charge in [0.05, 0.1) is 10.6 Å². The van der Waals surface area contributed by atoms with Crippen molar-refractivity contribution >= 4 is 15.9 Å². The summed E-state index contributed by atoms with van der Waals surface area (Å²) in [5, 5.41) is 7.03. The van der Waals surface area contributed by atoms with Gasteiger partial charge in [0.15, 0.2) is 0 Å². The molecule has 3 rings (SSSR count). The molecule has 1 N–H and O–H groups in total. The highest BCUT2D eigenvalue weighted by Crippen LogP contribution is 2.31. The van der Waals surface area contributed by atoms with E-state index >= 15 is 0 Å². The number of nitrogens with one attached hydrogen (secondary N) is 1. The van der Waals surface area contributed by atoms with E-state index in [1.54, 1.807) is 39.4 Å². The van der Waals surface area contributed by atoms with E-state index in [1.807, 2.05) is 27.0 Å². The van der Waals surface area contributed by atoms with Gasteiger partial charge in [-0.05, 0) is 56.5 Å². The summed E-state index contributed by atoms with van der Waals surface area (Å²) in [4.78, 5) is 11.8. The van der Waals surface area contributed by atoms with Crippen LogP contribution in [0.5, 0.6) is 0 Å². The molecule has 28 heavy (non-hydrogen) atoms. The van der Waals surface area contributed by atoms with Crippen molar-refractivity contribution in [2.45, 2.75) is 49.7 Å². The maximum atomic E-state index is 13.3. The van der Waals surface area contributed by atoms with Gasteiger partial charge in [-0.1, -0.05) is 18.7 Å². The van der Waals surface area contributed by atoms with E-state index in [4.69, 9.17) is 0 Å². The molecule has 1 aromatic carbocycles. The maximum Gasteiger partial charge on any atom is 0.243 e. The minimum atomic E-state index is -3.64. The molecule has 2 unspecified atom stereocenters. The van der Waals surface area contributed by atoms with Gasteiger partial charge in [0.1, 0.15) is 0 Å². The number of hydrogen-bond donors (Lipinski definition) is 1. The van der Waals surface area contributed by atoms with Crippen LogP contribution in [0.1, 0.15) is 26.7 Å². The summed E-state index contributed by atoms with van der Waals surface area (Å²) in [6.07, 6.45) is 4.08. The third kappa shape index (κ3) is 3.88. The molecule has 0 saturated carbocycles. The quantitative estimate of drug-likeness (QED) is 0.778. The second kappa shape index (κ2) is 7.89. The smallest absolute Gasteiger partial charge is 0.243 e. The van der Waals surface area contributed by atoms with Crippen LogP contribution in [0.25, 0.3) is 11.3 Å². The number of rotatable bonds is 5. The van der Waals surface area contributed by atoms with Crippen LogP contribution in [0.3, 0.4) is 0 Å². The van der Waals surface area contributed by atoms with Gasteiger partial charge >= 0.3 is 0 Å². The van der Waals surface area contributed by atoms with Gasteiger partial charge in [-0.3, -0.25) is 9.48 Å². The Morgan fingerprint density at radius 2 is 1.79 bits per heavy atom. The minimum absolute atomic E-state index is 0.0610. The van der Waals surface area contributed by atoms with Crippen molar-refractivity contribution in [2.75, 3.05) is 0 Å². The summed E-state index contributed by atoms with van der Waals surface area (Å²) in [7, 11) is -1.79. The van der Waals surface area contributed by atoms with Crippen molar-refractivity contribution < 1.29 is 13.2 Å². The summed E-state index contributed by atoms with van der Waals surface area (Å²) < 4.78 is 29.8. The molecule has 1 saturated heterocycles. The highest BCUT2D eigenvalue weighted by atomic mass is 32.2. The zero-order chi connectivity index (χ0) is 20.5. The van der Waals surface area contributed by atoms with E-state index in [0.29, 0.717) is 12.8 Å². The van der Waals surface area contributed by atoms with Gasteiger partial charge in [-0.2, -0.15) is 9.40 Å². The summed E-state index contributed by atoms with van der Waals surface area (Å²) in [5.74, 6) is -0.230. The Labute approximate surface area is 166 Å². The predicted molar refractivity (Wildman–Crippen MR) is 108 cm³/mol. The molecule has 0 bridgehead atoms. The first-order valence-electron chi connectivity index (χ1n) is 9.29. The monoisotopic (exact) mass is 402 g/mol. The Morgan fingerprint density at radius 3 is 2.29 bits per heavy atom. The lowest BCUT2D eigenvalue weighted by Crippen LogP contribution is -2.54. The largest absolute Gasteiger partial charge is 0.350 e. The first-order chi connectivity index (χ1) is 13.2. The summed E-state index contributed by atoms with van der Waals surface area (Å²) in [6.45, 7) is 7.22. The molecule has 0 aliphatic carbocycles. The van der Waals surface area contributed by atoms with Crippen LogP contribution in [0.4, 0.5) is 0 Å². The Hall–Kier alpha value is -2.45. The van der Waals surface area contributed by atoms with Gasteiger partial charge in [0, 0.05) is 31.4 Å². The van der Waals surface area contributed by atoms with Crippen molar-refractivity contribution in [3.8, 4) is 11.3 Å². The molecule has 1 aliphatic heterocycles. The molecular weight excluding hydrogens is 376 g/mol. The van der Waals surface area contributed by atoms with Gasteiger partial charge in [0.2, 0.25) is 15.9 Å². The van der Waals surface area contributed by atoms with Crippen molar-refractivity contribution in [1.82, 2.24) is 19.4 Å². The molecule has 1 amide bonds. The third-order valence-electron chi connectivity index (χ3n) is 5.20. The van der Waals surface area contributed by atoms with Crippen molar-refractivity contribution in [3.05, 3.63) is 49.2 Å². The van der Waals surface area contributed by atoms with Crippen LogP contribution < -0.4 is 5.32 Å². The van der Waals surface area contributed by atoms with Crippen LogP contribution in [0.15, 0.2) is 54.1 Å². The number of carbonyl (C=O) groups excluding carboxylic acids is 1. The van der Waals surface area contributed by atoms with Crippen LogP contribution in [0.2, 0.25) is 0 Å². The fourth-order valence-corrected chi connectivity index (χ4v) is 5.83. The van der Waals surface area contributed by atoms with E-state index in [-0.39, 0.29) is 28.9 Å². The molecule has 1 fully saturated rings. The fourth-order valence-electron chi connectivity index (χ4n) is 3.99. The lowest BCUT2D eigenvalue weighted by Gasteiger charge is -2.41. The van der Waals surface area contributed by atoms with E-state index in [2.05, 4.69) is 17.0 Å². The Bertz CT molecular complexity index is 954. The predicted octanol–water partition coefficient (Wildman–Crippen LogP) is 2.32. The summed E-state index contributed by atoms with van der Waals surface area (Å²) in [6, 6.07) is 8.27. The highest BCUT2D eigenvalue weighted by molar-refractivity contribution is 7.89. The SMILES string of the molecule is C=CC(=O)NC1CC(C)N(S(=O)(=O)c2ccc(-c3ccnn3C)cc2)C(C)C1. The molecule has 8 heteroatoms. The standard InChI is InChI=1S/C20H26N4O3S/c1-5-20(25)22-17-12-14(2)24(15(3)13-17)28(26,27)18-8-6-16(7-9-18)19-10-11-21-23(19)4/h5-11,14-15,17H,1,12-13H2,2-4H3,(H,22,25). The zero-order valence-electron chi connectivity index (χ0n) is 16.4. The van der Waals surface area contributed by atoms with Gasteiger partial charge in [0.25, 0.3) is 0 Å². The van der Waals surface area contributed by atoms with Gasteiger partial charge < -0.3 is 5.32 Å². The van der Waals surface area contributed by atoms with E-state index in [9.17, 15) is 13.2 Å². The number of benzene rings is 1. The molecule has 150 valence electrons. The van der Waals surface area contributed by atoms with Gasteiger partial charge in [-0.25, -0.2) is 8.42 Å². The molecule has 0 spiro atoms. The summed E-state index contributed by atoms with van der Waals surface area (Å²) >= 11 is 0. The Kier molecular flexibility index (Phi) is 5.71. The average Bonchev–Trinajstić information content (AvgIpc) is 3.06.